The molecule has 278 valence electrons. The molecule has 0 fully saturated rings. The number of nitrogens with zero attached hydrogens (tertiary/aromatic N) is 3. The van der Waals surface area contributed by atoms with Crippen LogP contribution in [0, 0.1) is 0 Å². The Balaban J connectivity index is 1.18. The van der Waals surface area contributed by atoms with Gasteiger partial charge in [-0.2, -0.15) is 0 Å². The van der Waals surface area contributed by atoms with Crippen molar-refractivity contribution in [2.24, 2.45) is 0 Å². The van der Waals surface area contributed by atoms with E-state index >= 15 is 0 Å². The first-order chi connectivity index (χ1) is 27.5. The van der Waals surface area contributed by atoms with Gasteiger partial charge in [0.2, 0.25) is 6.71 Å². The highest BCUT2D eigenvalue weighted by atomic mass is 16.3. The summed E-state index contributed by atoms with van der Waals surface area (Å²) in [6.45, 7) is 14.6. The Bertz CT molecular complexity index is 2850. The van der Waals surface area contributed by atoms with E-state index in [-0.39, 0.29) is 23.0 Å². The van der Waals surface area contributed by atoms with Crippen LogP contribution >= 0.6 is 0 Å². The van der Waals surface area contributed by atoms with Gasteiger partial charge < -0.3 is 9.32 Å². The van der Waals surface area contributed by atoms with Crippen LogP contribution in [0.25, 0.3) is 21.9 Å². The highest BCUT2D eigenvalue weighted by molar-refractivity contribution is 6.99. The van der Waals surface area contributed by atoms with Crippen LogP contribution in [0.2, 0.25) is 0 Å². The number of pyridine rings is 1. The van der Waals surface area contributed by atoms with Gasteiger partial charge in [0, 0.05) is 56.9 Å². The first-order valence-corrected chi connectivity index (χ1v) is 20.5. The molecule has 11 rings (SSSR count). The van der Waals surface area contributed by atoms with E-state index in [1.165, 1.54) is 51.5 Å². The highest BCUT2D eigenvalue weighted by Gasteiger charge is 2.49. The van der Waals surface area contributed by atoms with E-state index in [2.05, 4.69) is 191 Å². The molecule has 2 aromatic heterocycles. The van der Waals surface area contributed by atoms with E-state index in [1.54, 1.807) is 0 Å². The maximum atomic E-state index is 6.97. The predicted molar refractivity (Wildman–Crippen MR) is 239 cm³/mol. The Hall–Kier alpha value is -6.07. The molecule has 0 saturated carbocycles. The molecular formula is C52H46BN3O. The molecule has 0 unspecified atom stereocenters. The van der Waals surface area contributed by atoms with Crippen LogP contribution in [0.15, 0.2) is 150 Å². The van der Waals surface area contributed by atoms with Crippen molar-refractivity contribution in [3.05, 3.63) is 168 Å². The van der Waals surface area contributed by atoms with Crippen LogP contribution < -0.4 is 26.2 Å². The summed E-state index contributed by atoms with van der Waals surface area (Å²) < 4.78 is 6.97. The summed E-state index contributed by atoms with van der Waals surface area (Å²) in [7, 11) is 0. The number of para-hydroxylation sites is 3. The molecule has 0 radical (unpaired) electrons. The summed E-state index contributed by atoms with van der Waals surface area (Å²) >= 11 is 0. The second-order valence-corrected chi connectivity index (χ2v) is 18.3. The fourth-order valence-corrected chi connectivity index (χ4v) is 10.4. The Labute approximate surface area is 335 Å². The summed E-state index contributed by atoms with van der Waals surface area (Å²) in [5, 5.41) is 2.20. The van der Waals surface area contributed by atoms with Crippen molar-refractivity contribution in [3.63, 3.8) is 0 Å². The molecule has 1 aliphatic carbocycles. The van der Waals surface area contributed by atoms with Crippen LogP contribution in [0.4, 0.5) is 34.3 Å². The number of anilines is 6. The molecular weight excluding hydrogens is 693 g/mol. The first kappa shape index (κ1) is 34.2. The van der Waals surface area contributed by atoms with Crippen LogP contribution in [-0.4, -0.2) is 11.7 Å². The number of benzene rings is 6. The molecule has 8 aromatic rings. The zero-order valence-corrected chi connectivity index (χ0v) is 33.6. The van der Waals surface area contributed by atoms with Crippen LogP contribution in [0.5, 0.6) is 0 Å². The predicted octanol–water partition coefficient (Wildman–Crippen LogP) is 11.7. The number of furan rings is 1. The normalized spacial score (nSPS) is 16.8. The van der Waals surface area contributed by atoms with Gasteiger partial charge in [-0.05, 0) is 124 Å². The van der Waals surface area contributed by atoms with Crippen LogP contribution in [0.3, 0.4) is 0 Å². The first-order valence-electron chi connectivity index (χ1n) is 20.5. The molecule has 57 heavy (non-hydrogen) atoms. The maximum absolute atomic E-state index is 6.97. The van der Waals surface area contributed by atoms with Crippen molar-refractivity contribution in [1.29, 1.82) is 0 Å². The van der Waals surface area contributed by atoms with E-state index in [4.69, 9.17) is 9.40 Å². The SMILES string of the molecule is CC1(C)CCC(C)(C)c2cc3c(cc21)B1c2cc4oc5cc(N(c6ccccc6)c6ccccc6)ccc5c4cc2N(c2ccccc2)c2nccc(c21)C3(C)C. The molecule has 0 bridgehead atoms. The fraction of sp³-hybridized carbons (Fsp3) is 0.212. The van der Waals surface area contributed by atoms with Crippen molar-refractivity contribution >= 4 is 79.3 Å². The third kappa shape index (κ3) is 4.97. The molecule has 0 atom stereocenters. The number of aromatic nitrogens is 1. The lowest BCUT2D eigenvalue weighted by Gasteiger charge is -2.48. The number of hydrogen-bond donors (Lipinski definition) is 0. The quantitative estimate of drug-likeness (QED) is 0.168. The number of rotatable bonds is 4. The fourth-order valence-electron chi connectivity index (χ4n) is 10.4. The second kappa shape index (κ2) is 12.0. The summed E-state index contributed by atoms with van der Waals surface area (Å²) in [4.78, 5) is 9.96. The van der Waals surface area contributed by atoms with Crippen molar-refractivity contribution in [2.45, 2.75) is 70.6 Å². The van der Waals surface area contributed by atoms with Crippen LogP contribution in [0.1, 0.15) is 76.6 Å². The summed E-state index contributed by atoms with van der Waals surface area (Å²) in [5.74, 6) is 1.02. The molecule has 3 aliphatic rings. The van der Waals surface area contributed by atoms with Crippen molar-refractivity contribution < 1.29 is 4.42 Å². The summed E-state index contributed by atoms with van der Waals surface area (Å²) in [5.41, 5.74) is 17.0. The standard InChI is InChI=1S/C52H46BN3O/c1-50(2)25-26-51(3,4)41-31-43-42(30-40(41)50)52(5,6)39-24-27-54-49-48(39)53(43)44-32-47-38(29-45(44)56(49)35-20-14-9-15-21-35)37-23-22-36(28-46(37)57-47)55(33-16-10-7-11-17-33)34-18-12-8-13-19-34/h7-24,27-32H,25-26H2,1-6H3. The van der Waals surface area contributed by atoms with E-state index in [0.717, 1.165) is 56.2 Å². The third-order valence-electron chi connectivity index (χ3n) is 13.6. The molecule has 0 N–H and O–H groups in total. The Morgan fingerprint density at radius 1 is 0.561 bits per heavy atom. The van der Waals surface area contributed by atoms with E-state index in [1.807, 2.05) is 6.20 Å². The number of hydrogen-bond acceptors (Lipinski definition) is 4. The Morgan fingerprint density at radius 2 is 1.18 bits per heavy atom. The largest absolute Gasteiger partial charge is 0.456 e. The van der Waals surface area contributed by atoms with Gasteiger partial charge in [0.05, 0.1) is 0 Å². The van der Waals surface area contributed by atoms with Crippen LogP contribution in [-0.2, 0) is 16.2 Å². The second-order valence-electron chi connectivity index (χ2n) is 18.3. The van der Waals surface area contributed by atoms with Gasteiger partial charge in [0.25, 0.3) is 0 Å². The van der Waals surface area contributed by atoms with Gasteiger partial charge in [-0.3, -0.25) is 4.90 Å². The minimum absolute atomic E-state index is 0.00709. The highest BCUT2D eigenvalue weighted by Crippen LogP contribution is 2.49. The third-order valence-corrected chi connectivity index (χ3v) is 13.6. The minimum Gasteiger partial charge on any atom is -0.456 e. The van der Waals surface area contributed by atoms with Gasteiger partial charge in [-0.1, -0.05) is 114 Å². The van der Waals surface area contributed by atoms with Gasteiger partial charge >= 0.3 is 0 Å². The lowest BCUT2D eigenvalue weighted by Crippen LogP contribution is -2.64. The van der Waals surface area contributed by atoms with E-state index < -0.39 is 0 Å². The topological polar surface area (TPSA) is 32.5 Å². The monoisotopic (exact) mass is 739 g/mol. The minimum atomic E-state index is -0.214. The lowest BCUT2D eigenvalue weighted by atomic mass is 9.30. The molecule has 0 amide bonds. The molecule has 2 aliphatic heterocycles. The average molecular weight is 740 g/mol. The number of fused-ring (bicyclic) bond motifs is 8. The molecule has 0 saturated heterocycles. The van der Waals surface area contributed by atoms with E-state index in [9.17, 15) is 0 Å². The van der Waals surface area contributed by atoms with Gasteiger partial charge in [0.1, 0.15) is 17.0 Å². The Morgan fingerprint density at radius 3 is 1.84 bits per heavy atom. The van der Waals surface area contributed by atoms with Crippen molar-refractivity contribution in [1.82, 2.24) is 4.98 Å². The summed E-state index contributed by atoms with van der Waals surface area (Å²) in [6, 6.07) is 50.8. The molecule has 4 heterocycles. The molecule has 0 spiro atoms. The molecule has 6 aromatic carbocycles. The smallest absolute Gasteiger partial charge is 0.249 e. The molecule has 5 heteroatoms. The van der Waals surface area contributed by atoms with Gasteiger partial charge in [-0.15, -0.1) is 0 Å². The van der Waals surface area contributed by atoms with Gasteiger partial charge in [0.15, 0.2) is 0 Å². The average Bonchev–Trinajstić information content (AvgIpc) is 3.58. The zero-order valence-electron chi connectivity index (χ0n) is 33.6. The summed E-state index contributed by atoms with van der Waals surface area (Å²) in [6.07, 6.45) is 4.40. The van der Waals surface area contributed by atoms with Crippen molar-refractivity contribution in [3.8, 4) is 0 Å². The van der Waals surface area contributed by atoms with Gasteiger partial charge in [-0.25, -0.2) is 4.98 Å². The zero-order chi connectivity index (χ0) is 38.8. The Kier molecular flexibility index (Phi) is 7.18. The lowest BCUT2D eigenvalue weighted by molar-refractivity contribution is 0.331. The maximum Gasteiger partial charge on any atom is 0.249 e. The molecule has 4 nitrogen and oxygen atoms in total. The van der Waals surface area contributed by atoms with E-state index in [0.29, 0.717) is 0 Å². The van der Waals surface area contributed by atoms with Crippen molar-refractivity contribution in [2.75, 3.05) is 9.80 Å².